The van der Waals surface area contributed by atoms with Gasteiger partial charge in [-0.1, -0.05) is 13.3 Å². The molecule has 0 spiro atoms. The fraction of sp³-hybridized carbons (Fsp3) is 0.556. The van der Waals surface area contributed by atoms with E-state index in [0.29, 0.717) is 38.0 Å². The van der Waals surface area contributed by atoms with Crippen LogP contribution in [0.4, 0.5) is 0 Å². The number of hydrogen-bond acceptors (Lipinski definition) is 4. The molecule has 0 bridgehead atoms. The first-order chi connectivity index (χ1) is 12.4. The molecule has 0 atom stereocenters. The Morgan fingerprint density at radius 2 is 1.88 bits per heavy atom. The second-order valence-corrected chi connectivity index (χ2v) is 8.09. The SMILES string of the molecule is CCNS(=O)(=O)c1ccc(C(=O)NCCCN2CCCCCC2=O)cc1. The Balaban J connectivity index is 1.80. The molecule has 1 aromatic carbocycles. The molecule has 26 heavy (non-hydrogen) atoms. The fourth-order valence-corrected chi connectivity index (χ4v) is 3.95. The first-order valence-corrected chi connectivity index (χ1v) is 10.6. The van der Waals surface area contributed by atoms with Crippen LogP contribution in [0.5, 0.6) is 0 Å². The molecule has 0 unspecified atom stereocenters. The number of likely N-dealkylation sites (tertiary alicyclic amines) is 1. The smallest absolute Gasteiger partial charge is 0.251 e. The van der Waals surface area contributed by atoms with Crippen molar-refractivity contribution in [2.24, 2.45) is 0 Å². The van der Waals surface area contributed by atoms with Crippen LogP contribution < -0.4 is 10.0 Å². The first kappa shape index (κ1) is 20.4. The number of carbonyl (C=O) groups excluding carboxylic acids is 2. The molecule has 2 amide bonds. The van der Waals surface area contributed by atoms with Crippen molar-refractivity contribution in [1.82, 2.24) is 14.9 Å². The van der Waals surface area contributed by atoms with Gasteiger partial charge in [0.25, 0.3) is 5.91 Å². The number of carbonyl (C=O) groups is 2. The van der Waals surface area contributed by atoms with E-state index in [1.807, 2.05) is 4.90 Å². The van der Waals surface area contributed by atoms with E-state index in [0.717, 1.165) is 25.8 Å². The summed E-state index contributed by atoms with van der Waals surface area (Å²) in [5, 5.41) is 2.81. The summed E-state index contributed by atoms with van der Waals surface area (Å²) in [5.41, 5.74) is 0.409. The van der Waals surface area contributed by atoms with Gasteiger partial charge in [-0.3, -0.25) is 9.59 Å². The summed E-state index contributed by atoms with van der Waals surface area (Å²) >= 11 is 0. The third kappa shape index (κ3) is 5.81. The topological polar surface area (TPSA) is 95.6 Å². The van der Waals surface area contributed by atoms with Gasteiger partial charge in [0.1, 0.15) is 0 Å². The summed E-state index contributed by atoms with van der Waals surface area (Å²) in [6, 6.07) is 5.83. The Hall–Kier alpha value is -1.93. The minimum Gasteiger partial charge on any atom is -0.352 e. The van der Waals surface area contributed by atoms with Crippen LogP contribution >= 0.6 is 0 Å². The lowest BCUT2D eigenvalue weighted by Crippen LogP contribution is -2.34. The molecule has 1 aromatic rings. The molecule has 1 heterocycles. The van der Waals surface area contributed by atoms with Gasteiger partial charge in [0.2, 0.25) is 15.9 Å². The van der Waals surface area contributed by atoms with Crippen LogP contribution in [0.3, 0.4) is 0 Å². The summed E-state index contributed by atoms with van der Waals surface area (Å²) < 4.78 is 26.2. The van der Waals surface area contributed by atoms with E-state index < -0.39 is 10.0 Å². The second-order valence-electron chi connectivity index (χ2n) is 6.33. The van der Waals surface area contributed by atoms with Gasteiger partial charge in [0, 0.05) is 38.2 Å². The summed E-state index contributed by atoms with van der Waals surface area (Å²) in [7, 11) is -3.51. The maximum Gasteiger partial charge on any atom is 0.251 e. The Morgan fingerprint density at radius 3 is 2.58 bits per heavy atom. The number of benzene rings is 1. The molecule has 7 nitrogen and oxygen atoms in total. The zero-order chi connectivity index (χ0) is 19.0. The number of amides is 2. The zero-order valence-corrected chi connectivity index (χ0v) is 16.0. The molecule has 0 aromatic heterocycles. The van der Waals surface area contributed by atoms with Crippen LogP contribution in [-0.4, -0.2) is 51.3 Å². The molecule has 0 radical (unpaired) electrons. The average Bonchev–Trinajstić information content (AvgIpc) is 2.83. The third-order valence-electron chi connectivity index (χ3n) is 4.32. The Bertz CT molecular complexity index is 716. The number of hydrogen-bond donors (Lipinski definition) is 2. The molecule has 2 rings (SSSR count). The van der Waals surface area contributed by atoms with Crippen molar-refractivity contribution in [1.29, 1.82) is 0 Å². The van der Waals surface area contributed by atoms with Crippen LogP contribution in [0.15, 0.2) is 29.2 Å². The van der Waals surface area contributed by atoms with Gasteiger partial charge in [0.15, 0.2) is 0 Å². The van der Waals surface area contributed by atoms with E-state index >= 15 is 0 Å². The van der Waals surface area contributed by atoms with E-state index in [9.17, 15) is 18.0 Å². The second kappa shape index (κ2) is 9.68. The van der Waals surface area contributed by atoms with E-state index in [4.69, 9.17) is 0 Å². The quantitative estimate of drug-likeness (QED) is 0.667. The lowest BCUT2D eigenvalue weighted by molar-refractivity contribution is -0.130. The highest BCUT2D eigenvalue weighted by atomic mass is 32.2. The fourth-order valence-electron chi connectivity index (χ4n) is 2.91. The minimum atomic E-state index is -3.51. The molecule has 0 saturated carbocycles. The van der Waals surface area contributed by atoms with Gasteiger partial charge in [0.05, 0.1) is 4.90 Å². The standard InChI is InChI=1S/C18H27N3O4S/c1-2-20-26(24,25)16-10-8-15(9-11-16)18(23)19-12-6-14-21-13-5-3-4-7-17(21)22/h8-11,20H,2-7,12-14H2,1H3,(H,19,23). The van der Waals surface area contributed by atoms with Crippen LogP contribution in [0, 0.1) is 0 Å². The normalized spacial score (nSPS) is 15.6. The molecular weight excluding hydrogens is 354 g/mol. The summed E-state index contributed by atoms with van der Waals surface area (Å²) in [6.07, 6.45) is 4.42. The van der Waals surface area contributed by atoms with Crippen molar-refractivity contribution in [3.63, 3.8) is 0 Å². The van der Waals surface area contributed by atoms with Crippen LogP contribution in [0.1, 0.15) is 49.4 Å². The van der Waals surface area contributed by atoms with E-state index in [-0.39, 0.29) is 16.7 Å². The van der Waals surface area contributed by atoms with Crippen molar-refractivity contribution in [2.45, 2.75) is 43.9 Å². The largest absolute Gasteiger partial charge is 0.352 e. The summed E-state index contributed by atoms with van der Waals surface area (Å²) in [6.45, 7) is 3.94. The van der Waals surface area contributed by atoms with E-state index in [2.05, 4.69) is 10.0 Å². The number of nitrogens with one attached hydrogen (secondary N) is 2. The third-order valence-corrected chi connectivity index (χ3v) is 5.88. The molecule has 1 aliphatic heterocycles. The number of rotatable bonds is 8. The van der Waals surface area contributed by atoms with Crippen molar-refractivity contribution in [3.8, 4) is 0 Å². The average molecular weight is 381 g/mol. The molecular formula is C18H27N3O4S. The summed E-state index contributed by atoms with van der Waals surface area (Å²) in [4.78, 5) is 26.1. The number of nitrogens with zero attached hydrogens (tertiary/aromatic N) is 1. The molecule has 0 aliphatic carbocycles. The predicted octanol–water partition coefficient (Wildman–Crippen LogP) is 1.51. The highest BCUT2D eigenvalue weighted by molar-refractivity contribution is 7.89. The van der Waals surface area contributed by atoms with Crippen molar-refractivity contribution in [3.05, 3.63) is 29.8 Å². The molecule has 8 heteroatoms. The monoisotopic (exact) mass is 381 g/mol. The van der Waals surface area contributed by atoms with Gasteiger partial charge < -0.3 is 10.2 Å². The van der Waals surface area contributed by atoms with Gasteiger partial charge in [-0.2, -0.15) is 0 Å². The van der Waals surface area contributed by atoms with Gasteiger partial charge in [-0.15, -0.1) is 0 Å². The zero-order valence-electron chi connectivity index (χ0n) is 15.2. The predicted molar refractivity (Wildman–Crippen MR) is 99.3 cm³/mol. The lowest BCUT2D eigenvalue weighted by Gasteiger charge is -2.20. The van der Waals surface area contributed by atoms with Crippen molar-refractivity contribution >= 4 is 21.8 Å². The highest BCUT2D eigenvalue weighted by Crippen LogP contribution is 2.12. The van der Waals surface area contributed by atoms with Crippen LogP contribution in [0.25, 0.3) is 0 Å². The maximum atomic E-state index is 12.1. The number of sulfonamides is 1. The van der Waals surface area contributed by atoms with Crippen molar-refractivity contribution in [2.75, 3.05) is 26.2 Å². The Labute approximate surface area is 155 Å². The van der Waals surface area contributed by atoms with Crippen molar-refractivity contribution < 1.29 is 18.0 Å². The Kier molecular flexibility index (Phi) is 7.59. The molecule has 144 valence electrons. The van der Waals surface area contributed by atoms with Crippen LogP contribution in [-0.2, 0) is 14.8 Å². The highest BCUT2D eigenvalue weighted by Gasteiger charge is 2.16. The van der Waals surface area contributed by atoms with Gasteiger partial charge >= 0.3 is 0 Å². The summed E-state index contributed by atoms with van der Waals surface area (Å²) in [5.74, 6) is -0.0501. The van der Waals surface area contributed by atoms with E-state index in [1.165, 1.54) is 24.3 Å². The molecule has 1 fully saturated rings. The first-order valence-electron chi connectivity index (χ1n) is 9.10. The molecule has 1 aliphatic rings. The van der Waals surface area contributed by atoms with Gasteiger partial charge in [-0.05, 0) is 43.5 Å². The molecule has 1 saturated heterocycles. The lowest BCUT2D eigenvalue weighted by atomic mass is 10.2. The Morgan fingerprint density at radius 1 is 1.15 bits per heavy atom. The maximum absolute atomic E-state index is 12.1. The molecule has 2 N–H and O–H groups in total. The van der Waals surface area contributed by atoms with Crippen LogP contribution in [0.2, 0.25) is 0 Å². The van der Waals surface area contributed by atoms with E-state index in [1.54, 1.807) is 6.92 Å². The minimum absolute atomic E-state index is 0.135. The van der Waals surface area contributed by atoms with Gasteiger partial charge in [-0.25, -0.2) is 13.1 Å².